The van der Waals surface area contributed by atoms with E-state index in [1.165, 1.54) is 12.1 Å². The smallest absolute Gasteiger partial charge is 0.358 e. The van der Waals surface area contributed by atoms with E-state index in [-0.39, 0.29) is 42.6 Å². The lowest BCUT2D eigenvalue weighted by atomic mass is 10.0. The van der Waals surface area contributed by atoms with Crippen LogP contribution < -0.4 is 5.32 Å². The maximum Gasteiger partial charge on any atom is 0.401 e. The van der Waals surface area contributed by atoms with Gasteiger partial charge in [-0.15, -0.1) is 0 Å². The number of carbonyl (C=O) groups excluding carboxylic acids is 1. The zero-order chi connectivity index (χ0) is 30.2. The van der Waals surface area contributed by atoms with Crippen molar-refractivity contribution in [3.8, 4) is 11.1 Å². The van der Waals surface area contributed by atoms with Crippen molar-refractivity contribution in [1.29, 1.82) is 0 Å². The lowest BCUT2D eigenvalue weighted by Crippen LogP contribution is -2.28. The van der Waals surface area contributed by atoms with Gasteiger partial charge < -0.3 is 14.6 Å². The number of aromatic nitrogens is 5. The fraction of sp³-hybridized carbons (Fsp3) is 0.433. The number of benzene rings is 1. The summed E-state index contributed by atoms with van der Waals surface area (Å²) in [6.45, 7) is 2.82. The van der Waals surface area contributed by atoms with Crippen LogP contribution in [0.15, 0.2) is 47.4 Å². The predicted octanol–water partition coefficient (Wildman–Crippen LogP) is 6.09. The summed E-state index contributed by atoms with van der Waals surface area (Å²) in [5.41, 5.74) is 1.34. The fourth-order valence-electron chi connectivity index (χ4n) is 5.47. The van der Waals surface area contributed by atoms with Crippen molar-refractivity contribution in [1.82, 2.24) is 24.9 Å². The van der Waals surface area contributed by atoms with Crippen LogP contribution in [0.4, 0.5) is 23.4 Å². The molecule has 1 saturated carbocycles. The van der Waals surface area contributed by atoms with E-state index in [1.807, 2.05) is 10.9 Å². The van der Waals surface area contributed by atoms with Gasteiger partial charge in [0.25, 0.3) is 0 Å². The molecule has 4 aromatic rings. The number of ether oxygens (including phenoxy) is 1. The molecule has 1 N–H and O–H groups in total. The van der Waals surface area contributed by atoms with Crippen LogP contribution in [0.3, 0.4) is 0 Å². The van der Waals surface area contributed by atoms with E-state index in [0.29, 0.717) is 23.4 Å². The Kier molecular flexibility index (Phi) is 7.75. The lowest BCUT2D eigenvalue weighted by Gasteiger charge is -2.24. The van der Waals surface area contributed by atoms with Gasteiger partial charge in [0.1, 0.15) is 23.3 Å². The quantitative estimate of drug-likeness (QED) is 0.232. The minimum absolute atomic E-state index is 0.0435. The van der Waals surface area contributed by atoms with Gasteiger partial charge in [0.05, 0.1) is 12.6 Å². The number of nitrogens with one attached hydrogen (secondary N) is 1. The van der Waals surface area contributed by atoms with E-state index in [9.17, 15) is 22.4 Å². The number of nitrogens with zero attached hydrogens (tertiary/aromatic N) is 5. The van der Waals surface area contributed by atoms with Crippen LogP contribution in [0.1, 0.15) is 73.7 Å². The molecular weight excluding hydrogens is 568 g/mol. The average Bonchev–Trinajstić information content (AvgIpc) is 3.54. The summed E-state index contributed by atoms with van der Waals surface area (Å²) in [5.74, 6) is -1.13. The molecule has 9 nitrogen and oxygen atoms in total. The highest BCUT2D eigenvalue weighted by molar-refractivity contribution is 5.91. The van der Waals surface area contributed by atoms with Gasteiger partial charge in [-0.3, -0.25) is 4.79 Å². The Balaban J connectivity index is 1.08. The minimum Gasteiger partial charge on any atom is -0.358 e. The summed E-state index contributed by atoms with van der Waals surface area (Å²) in [5, 5.41) is 10.5. The molecule has 1 unspecified atom stereocenters. The molecule has 1 atom stereocenters. The second kappa shape index (κ2) is 11.5. The second-order valence-corrected chi connectivity index (χ2v) is 11.0. The normalized spacial score (nSPS) is 18.0. The zero-order valence-electron chi connectivity index (χ0n) is 23.5. The van der Waals surface area contributed by atoms with Gasteiger partial charge in [-0.1, -0.05) is 24.2 Å². The van der Waals surface area contributed by atoms with Crippen LogP contribution in [0, 0.1) is 5.82 Å². The maximum absolute atomic E-state index is 14.9. The molecule has 0 bridgehead atoms. The Morgan fingerprint density at radius 2 is 1.88 bits per heavy atom. The first kappa shape index (κ1) is 29.0. The standard InChI is InChI=1S/C30H30F4N6O3/c1-2-23-20(17-37-40(23)28-5-3-4-10-42-28)12-25-35-15-21(16-36-25)18-6-7-19(22(31)11-18)13-27(41)38-26-14-24(43-39-26)29(8-9-29)30(32,33)34/h6-7,11,14-17,28H,2-5,8-10,12-13H2,1H3,(H,38,39,41). The summed E-state index contributed by atoms with van der Waals surface area (Å²) in [4.78, 5) is 21.4. The van der Waals surface area contributed by atoms with Crippen LogP contribution in [-0.4, -0.2) is 43.6 Å². The number of rotatable bonds is 9. The fourth-order valence-corrected chi connectivity index (χ4v) is 5.47. The number of carbonyl (C=O) groups is 1. The van der Waals surface area contributed by atoms with E-state index >= 15 is 0 Å². The third kappa shape index (κ3) is 5.90. The Morgan fingerprint density at radius 3 is 2.53 bits per heavy atom. The van der Waals surface area contributed by atoms with Crippen LogP contribution >= 0.6 is 0 Å². The summed E-state index contributed by atoms with van der Waals surface area (Å²) < 4.78 is 67.6. The van der Waals surface area contributed by atoms with Crippen LogP contribution in [0.25, 0.3) is 11.1 Å². The monoisotopic (exact) mass is 598 g/mol. The molecule has 1 aromatic carbocycles. The number of hydrogen-bond acceptors (Lipinski definition) is 7. The van der Waals surface area contributed by atoms with Crippen molar-refractivity contribution in [2.75, 3.05) is 11.9 Å². The summed E-state index contributed by atoms with van der Waals surface area (Å²) >= 11 is 0. The van der Waals surface area contributed by atoms with Gasteiger partial charge in [-0.25, -0.2) is 19.0 Å². The maximum atomic E-state index is 14.9. The van der Waals surface area contributed by atoms with Crippen molar-refractivity contribution < 1.29 is 31.6 Å². The van der Waals surface area contributed by atoms with Crippen molar-refractivity contribution >= 4 is 11.7 Å². The highest BCUT2D eigenvalue weighted by atomic mass is 19.4. The molecule has 2 fully saturated rings. The van der Waals surface area contributed by atoms with Crippen molar-refractivity contribution in [2.45, 2.75) is 76.1 Å². The van der Waals surface area contributed by atoms with Crippen molar-refractivity contribution in [3.63, 3.8) is 0 Å². The molecule has 0 spiro atoms. The molecule has 6 rings (SSSR count). The Morgan fingerprint density at radius 1 is 1.09 bits per heavy atom. The summed E-state index contributed by atoms with van der Waals surface area (Å²) in [6, 6.07) is 5.49. The average molecular weight is 599 g/mol. The molecule has 0 radical (unpaired) electrons. The minimum atomic E-state index is -4.46. The Labute approximate surface area is 244 Å². The van der Waals surface area contributed by atoms with E-state index in [0.717, 1.165) is 49.6 Å². The topological polar surface area (TPSA) is 108 Å². The molecule has 1 saturated heterocycles. The number of anilines is 1. The van der Waals surface area contributed by atoms with E-state index in [1.54, 1.807) is 18.5 Å². The molecule has 43 heavy (non-hydrogen) atoms. The van der Waals surface area contributed by atoms with E-state index in [4.69, 9.17) is 9.26 Å². The van der Waals surface area contributed by atoms with E-state index < -0.39 is 23.3 Å². The third-order valence-corrected chi connectivity index (χ3v) is 8.08. The first-order chi connectivity index (χ1) is 20.7. The first-order valence-corrected chi connectivity index (χ1v) is 14.3. The molecule has 1 aliphatic carbocycles. The van der Waals surface area contributed by atoms with Crippen LogP contribution in [0.5, 0.6) is 0 Å². The first-order valence-electron chi connectivity index (χ1n) is 14.3. The van der Waals surface area contributed by atoms with E-state index in [2.05, 4.69) is 32.5 Å². The molecule has 226 valence electrons. The summed E-state index contributed by atoms with van der Waals surface area (Å²) in [7, 11) is 0. The van der Waals surface area contributed by atoms with Crippen molar-refractivity contribution in [2.24, 2.45) is 0 Å². The number of alkyl halides is 3. The second-order valence-electron chi connectivity index (χ2n) is 11.0. The number of halogens is 4. The van der Waals surface area contributed by atoms with Gasteiger partial charge in [-0.05, 0) is 55.7 Å². The number of amides is 1. The van der Waals surface area contributed by atoms with Crippen LogP contribution in [0.2, 0.25) is 0 Å². The van der Waals surface area contributed by atoms with Gasteiger partial charge in [-0.2, -0.15) is 18.3 Å². The SMILES string of the molecule is CCc1c(Cc2ncc(-c3ccc(CC(=O)Nc4cc(C5(C(F)(F)F)CC5)on4)c(F)c3)cn2)cnn1C1CCCCO1. The lowest BCUT2D eigenvalue weighted by molar-refractivity contribution is -0.165. The molecular formula is C30H30F4N6O3. The highest BCUT2D eigenvalue weighted by Crippen LogP contribution is 2.59. The molecule has 2 aliphatic rings. The highest BCUT2D eigenvalue weighted by Gasteiger charge is 2.66. The van der Waals surface area contributed by atoms with Crippen molar-refractivity contribution in [3.05, 3.63) is 77.1 Å². The Hall–Kier alpha value is -4.13. The molecule has 4 heterocycles. The Bertz CT molecular complexity index is 1600. The van der Waals surface area contributed by atoms with Gasteiger partial charge in [0.2, 0.25) is 5.91 Å². The zero-order valence-corrected chi connectivity index (χ0v) is 23.5. The molecule has 13 heteroatoms. The molecule has 3 aromatic heterocycles. The summed E-state index contributed by atoms with van der Waals surface area (Å²) in [6.07, 6.45) is 4.48. The number of hydrogen-bond donors (Lipinski definition) is 1. The third-order valence-electron chi connectivity index (χ3n) is 8.08. The van der Waals surface area contributed by atoms with Crippen LogP contribution in [-0.2, 0) is 34.2 Å². The van der Waals surface area contributed by atoms with Gasteiger partial charge in [0, 0.05) is 48.3 Å². The molecule has 1 aliphatic heterocycles. The predicted molar refractivity (Wildman–Crippen MR) is 146 cm³/mol. The largest absolute Gasteiger partial charge is 0.401 e. The van der Waals surface area contributed by atoms with Gasteiger partial charge in [0.15, 0.2) is 11.6 Å². The van der Waals surface area contributed by atoms with Gasteiger partial charge >= 0.3 is 6.18 Å². The molecule has 1 amide bonds.